The Kier molecular flexibility index (Phi) is 5.52. The highest BCUT2D eigenvalue weighted by Crippen LogP contribution is 1.78. The molecule has 1 aromatic heterocycles. The fraction of sp³-hybridized carbons (Fsp3) is 0.286. The number of nitrogens with two attached hydrogens (primary N) is 1. The molecule has 76 valence electrons. The third kappa shape index (κ3) is 5.58. The normalized spacial score (nSPS) is 8.36. The van der Waals surface area contributed by atoms with Gasteiger partial charge in [-0.1, -0.05) is 6.92 Å². The predicted molar refractivity (Wildman–Crippen MR) is 46.3 cm³/mol. The monoisotopic (exact) mass is 198 g/mol. The zero-order valence-electron chi connectivity index (χ0n) is 7.54. The lowest BCUT2D eigenvalue weighted by Crippen LogP contribution is -2.15. The lowest BCUT2D eigenvalue weighted by atomic mass is 10.5. The summed E-state index contributed by atoms with van der Waals surface area (Å²) in [7, 11) is 0. The third-order valence-corrected chi connectivity index (χ3v) is 1.01. The SMILES string of the molecule is CCC(=O)O.NC(=O)c1nccnn1. The summed E-state index contributed by atoms with van der Waals surface area (Å²) in [5.41, 5.74) is 4.81. The van der Waals surface area contributed by atoms with Gasteiger partial charge in [-0.05, 0) is 0 Å². The molecule has 7 heteroatoms. The average molecular weight is 198 g/mol. The minimum absolute atomic E-state index is 0.0579. The van der Waals surface area contributed by atoms with E-state index in [9.17, 15) is 9.59 Å². The molecule has 14 heavy (non-hydrogen) atoms. The topological polar surface area (TPSA) is 119 Å². The van der Waals surface area contributed by atoms with Crippen LogP contribution in [0.15, 0.2) is 12.4 Å². The van der Waals surface area contributed by atoms with E-state index in [4.69, 9.17) is 10.8 Å². The van der Waals surface area contributed by atoms with E-state index in [1.807, 2.05) is 0 Å². The number of carbonyl (C=O) groups excluding carboxylic acids is 1. The highest BCUT2D eigenvalue weighted by atomic mass is 16.4. The van der Waals surface area contributed by atoms with Crippen molar-refractivity contribution in [3.8, 4) is 0 Å². The fourth-order valence-corrected chi connectivity index (χ4v) is 0.360. The van der Waals surface area contributed by atoms with Crippen LogP contribution < -0.4 is 5.73 Å². The molecule has 0 fully saturated rings. The highest BCUT2D eigenvalue weighted by molar-refractivity contribution is 5.88. The van der Waals surface area contributed by atoms with Gasteiger partial charge in [0.1, 0.15) is 0 Å². The van der Waals surface area contributed by atoms with Gasteiger partial charge < -0.3 is 10.8 Å². The number of aliphatic carboxylic acids is 1. The summed E-state index contributed by atoms with van der Waals surface area (Å²) >= 11 is 0. The first kappa shape index (κ1) is 11.9. The van der Waals surface area contributed by atoms with Crippen molar-refractivity contribution >= 4 is 11.9 Å². The van der Waals surface area contributed by atoms with Crippen LogP contribution in [0, 0.1) is 0 Å². The van der Waals surface area contributed by atoms with Gasteiger partial charge in [-0.25, -0.2) is 4.98 Å². The predicted octanol–water partition coefficient (Wildman–Crippen LogP) is -0.549. The van der Waals surface area contributed by atoms with Crippen LogP contribution in [-0.4, -0.2) is 32.2 Å². The molecule has 0 aromatic carbocycles. The van der Waals surface area contributed by atoms with Gasteiger partial charge in [0.05, 0.1) is 6.20 Å². The number of carboxylic acids is 1. The van der Waals surface area contributed by atoms with Crippen LogP contribution in [0.3, 0.4) is 0 Å². The molecule has 0 aliphatic carbocycles. The van der Waals surface area contributed by atoms with Gasteiger partial charge in [-0.15, -0.1) is 5.10 Å². The summed E-state index contributed by atoms with van der Waals surface area (Å²) in [5, 5.41) is 14.5. The molecule has 1 amide bonds. The van der Waals surface area contributed by atoms with Gasteiger partial charge in [0.15, 0.2) is 0 Å². The Hall–Kier alpha value is -2.05. The van der Waals surface area contributed by atoms with Crippen molar-refractivity contribution in [1.82, 2.24) is 15.2 Å². The number of primary amides is 1. The molecule has 0 atom stereocenters. The fourth-order valence-electron chi connectivity index (χ4n) is 0.360. The average Bonchev–Trinajstić information content (AvgIpc) is 2.20. The van der Waals surface area contributed by atoms with E-state index < -0.39 is 11.9 Å². The molecule has 7 nitrogen and oxygen atoms in total. The smallest absolute Gasteiger partial charge is 0.303 e. The van der Waals surface area contributed by atoms with Crippen LogP contribution in [0.1, 0.15) is 24.0 Å². The molecule has 0 radical (unpaired) electrons. The molecule has 0 saturated heterocycles. The molecular formula is C7H10N4O3. The first-order valence-electron chi connectivity index (χ1n) is 3.73. The van der Waals surface area contributed by atoms with Crippen molar-refractivity contribution in [2.45, 2.75) is 13.3 Å². The lowest BCUT2D eigenvalue weighted by molar-refractivity contribution is -0.136. The van der Waals surface area contributed by atoms with E-state index in [-0.39, 0.29) is 12.2 Å². The van der Waals surface area contributed by atoms with Crippen molar-refractivity contribution in [3.63, 3.8) is 0 Å². The summed E-state index contributed by atoms with van der Waals surface area (Å²) in [5.74, 6) is -1.47. The molecule has 1 aromatic rings. The summed E-state index contributed by atoms with van der Waals surface area (Å²) in [6, 6.07) is 0. The number of nitrogens with zero attached hydrogens (tertiary/aromatic N) is 3. The number of amides is 1. The van der Waals surface area contributed by atoms with E-state index in [1.54, 1.807) is 6.92 Å². The van der Waals surface area contributed by atoms with E-state index in [2.05, 4.69) is 15.2 Å². The second-order valence-electron chi connectivity index (χ2n) is 2.08. The molecule has 0 unspecified atom stereocenters. The minimum Gasteiger partial charge on any atom is -0.481 e. The Morgan fingerprint density at radius 1 is 1.50 bits per heavy atom. The van der Waals surface area contributed by atoms with Crippen LogP contribution >= 0.6 is 0 Å². The van der Waals surface area contributed by atoms with Gasteiger partial charge in [-0.3, -0.25) is 9.59 Å². The molecule has 1 rings (SSSR count). The molecule has 0 spiro atoms. The second-order valence-corrected chi connectivity index (χ2v) is 2.08. The van der Waals surface area contributed by atoms with Crippen molar-refractivity contribution in [1.29, 1.82) is 0 Å². The molecule has 0 aliphatic rings. The second kappa shape index (κ2) is 6.46. The summed E-state index contributed by atoms with van der Waals surface area (Å²) < 4.78 is 0. The van der Waals surface area contributed by atoms with Crippen LogP contribution in [0.2, 0.25) is 0 Å². The zero-order valence-corrected chi connectivity index (χ0v) is 7.54. The number of rotatable bonds is 2. The van der Waals surface area contributed by atoms with Gasteiger partial charge >= 0.3 is 5.97 Å². The summed E-state index contributed by atoms with van der Waals surface area (Å²) in [6.45, 7) is 1.60. The van der Waals surface area contributed by atoms with E-state index in [1.165, 1.54) is 12.4 Å². The van der Waals surface area contributed by atoms with Gasteiger partial charge in [0.25, 0.3) is 5.91 Å². The van der Waals surface area contributed by atoms with E-state index in [0.717, 1.165) is 0 Å². The molecule has 0 saturated carbocycles. The number of aromatic nitrogens is 3. The Bertz CT molecular complexity index is 301. The van der Waals surface area contributed by atoms with Crippen molar-refractivity contribution in [3.05, 3.63) is 18.2 Å². The van der Waals surface area contributed by atoms with Gasteiger partial charge in [-0.2, -0.15) is 5.10 Å². The maximum absolute atomic E-state index is 10.3. The Labute approximate surface area is 80.0 Å². The van der Waals surface area contributed by atoms with E-state index in [0.29, 0.717) is 0 Å². The number of carboxylic acid groups (broad SMARTS) is 1. The first-order chi connectivity index (χ1) is 6.57. The maximum atomic E-state index is 10.3. The molecule has 3 N–H and O–H groups in total. The Morgan fingerprint density at radius 2 is 2.07 bits per heavy atom. The summed E-state index contributed by atoms with van der Waals surface area (Å²) in [4.78, 5) is 23.2. The number of carbonyl (C=O) groups is 2. The molecule has 0 bridgehead atoms. The Morgan fingerprint density at radius 3 is 2.29 bits per heavy atom. The van der Waals surface area contributed by atoms with Gasteiger partial charge in [0.2, 0.25) is 5.82 Å². The zero-order chi connectivity index (χ0) is 11.0. The largest absolute Gasteiger partial charge is 0.481 e. The van der Waals surface area contributed by atoms with Gasteiger partial charge in [0, 0.05) is 12.6 Å². The summed E-state index contributed by atoms with van der Waals surface area (Å²) in [6.07, 6.45) is 2.94. The van der Waals surface area contributed by atoms with Crippen molar-refractivity contribution < 1.29 is 14.7 Å². The standard InChI is InChI=1S/C4H4N4O.C3H6O2/c5-3(9)4-6-1-2-7-8-4;1-2-3(4)5/h1-2H,(H2,5,9);2H2,1H3,(H,4,5). The van der Waals surface area contributed by atoms with Crippen LogP contribution in [-0.2, 0) is 4.79 Å². The van der Waals surface area contributed by atoms with Crippen LogP contribution in [0.4, 0.5) is 0 Å². The van der Waals surface area contributed by atoms with Crippen molar-refractivity contribution in [2.24, 2.45) is 5.73 Å². The minimum atomic E-state index is -0.745. The number of hydrogen-bond donors (Lipinski definition) is 2. The van der Waals surface area contributed by atoms with Crippen LogP contribution in [0.5, 0.6) is 0 Å². The maximum Gasteiger partial charge on any atom is 0.303 e. The lowest BCUT2D eigenvalue weighted by Gasteiger charge is -1.86. The molecule has 0 aliphatic heterocycles. The van der Waals surface area contributed by atoms with Crippen LogP contribution in [0.25, 0.3) is 0 Å². The Balaban J connectivity index is 0.000000292. The van der Waals surface area contributed by atoms with Crippen molar-refractivity contribution in [2.75, 3.05) is 0 Å². The molecular weight excluding hydrogens is 188 g/mol. The quantitative estimate of drug-likeness (QED) is 0.658. The number of hydrogen-bond acceptors (Lipinski definition) is 5. The third-order valence-electron chi connectivity index (χ3n) is 1.01. The first-order valence-corrected chi connectivity index (χ1v) is 3.73. The molecule has 1 heterocycles. The highest BCUT2D eigenvalue weighted by Gasteiger charge is 1.99. The van der Waals surface area contributed by atoms with E-state index >= 15 is 0 Å².